The first-order valence-corrected chi connectivity index (χ1v) is 5.82. The maximum atomic E-state index is 6.12. The fourth-order valence-corrected chi connectivity index (χ4v) is 2.13. The van der Waals surface area contributed by atoms with Crippen LogP contribution in [0.25, 0.3) is 11.0 Å². The van der Waals surface area contributed by atoms with E-state index >= 15 is 0 Å². The summed E-state index contributed by atoms with van der Waals surface area (Å²) in [6.07, 6.45) is 2.96. The van der Waals surface area contributed by atoms with Gasteiger partial charge in [0.2, 0.25) is 0 Å². The molecule has 0 spiro atoms. The molecule has 0 fully saturated rings. The third kappa shape index (κ3) is 1.83. The first kappa shape index (κ1) is 10.4. The monoisotopic (exact) mass is 229 g/mol. The number of hydrogen-bond donors (Lipinski definition) is 1. The van der Waals surface area contributed by atoms with Crippen LogP contribution in [0.15, 0.2) is 40.5 Å². The van der Waals surface area contributed by atoms with Crippen molar-refractivity contribution in [3.63, 3.8) is 0 Å². The second-order valence-electron chi connectivity index (χ2n) is 4.41. The first-order chi connectivity index (χ1) is 8.24. The molecule has 1 aliphatic rings. The Bertz CT molecular complexity index is 583. The number of hydrogen-bond acceptors (Lipinski definition) is 3. The molecule has 2 N–H and O–H groups in total. The lowest BCUT2D eigenvalue weighted by Gasteiger charge is -2.09. The Hall–Kier alpha value is -1.74. The summed E-state index contributed by atoms with van der Waals surface area (Å²) < 4.78 is 11.2. The van der Waals surface area contributed by atoms with Crippen LogP contribution in [0.3, 0.4) is 0 Å². The minimum atomic E-state index is -0.287. The molecule has 17 heavy (non-hydrogen) atoms. The summed E-state index contributed by atoms with van der Waals surface area (Å²) in [5, 5.41) is 1.09. The molecule has 0 aliphatic carbocycles. The predicted molar refractivity (Wildman–Crippen MR) is 66.5 cm³/mol. The highest BCUT2D eigenvalue weighted by Gasteiger charge is 2.20. The molecule has 0 radical (unpaired) electrons. The van der Waals surface area contributed by atoms with Crippen molar-refractivity contribution in [3.05, 3.63) is 47.4 Å². The minimum Gasteiger partial charge on any atom is -0.496 e. The molecule has 1 atom stereocenters. The zero-order valence-corrected chi connectivity index (χ0v) is 9.77. The number of aryl methyl sites for hydroxylation is 1. The van der Waals surface area contributed by atoms with Crippen LogP contribution >= 0.6 is 0 Å². The normalized spacial score (nSPS) is 16.9. The molecule has 1 aliphatic heterocycles. The van der Waals surface area contributed by atoms with Crippen molar-refractivity contribution in [2.24, 2.45) is 5.73 Å². The zero-order valence-electron chi connectivity index (χ0n) is 9.77. The molecule has 2 heterocycles. The van der Waals surface area contributed by atoms with Gasteiger partial charge in [0.05, 0.1) is 6.61 Å². The van der Waals surface area contributed by atoms with E-state index in [0.29, 0.717) is 0 Å². The molecule has 0 saturated carbocycles. The van der Waals surface area contributed by atoms with Crippen molar-refractivity contribution in [2.75, 3.05) is 6.61 Å². The average molecular weight is 229 g/mol. The number of rotatable bonds is 2. The standard InChI is InChI=1S/C14H15NO2/c1-9-4-5-11-10(7-9)8-13(17-11)14(15)12-3-2-6-16-12/h3-5,7-8,14H,2,6,15H2,1H3. The smallest absolute Gasteiger partial charge is 0.134 e. The third-order valence-corrected chi connectivity index (χ3v) is 3.04. The summed E-state index contributed by atoms with van der Waals surface area (Å²) in [4.78, 5) is 0. The summed E-state index contributed by atoms with van der Waals surface area (Å²) in [7, 11) is 0. The summed E-state index contributed by atoms with van der Waals surface area (Å²) >= 11 is 0. The second-order valence-corrected chi connectivity index (χ2v) is 4.41. The van der Waals surface area contributed by atoms with E-state index in [4.69, 9.17) is 14.9 Å². The molecular weight excluding hydrogens is 214 g/mol. The van der Waals surface area contributed by atoms with Gasteiger partial charge in [-0.25, -0.2) is 0 Å². The van der Waals surface area contributed by atoms with E-state index in [2.05, 4.69) is 13.0 Å². The maximum Gasteiger partial charge on any atom is 0.134 e. The highest BCUT2D eigenvalue weighted by atomic mass is 16.5. The van der Waals surface area contributed by atoms with Crippen LogP contribution in [0.4, 0.5) is 0 Å². The topological polar surface area (TPSA) is 48.4 Å². The summed E-state index contributed by atoms with van der Waals surface area (Å²) in [5.41, 5.74) is 8.21. The minimum absolute atomic E-state index is 0.287. The first-order valence-electron chi connectivity index (χ1n) is 5.82. The van der Waals surface area contributed by atoms with Gasteiger partial charge in [-0.2, -0.15) is 0 Å². The predicted octanol–water partition coefficient (Wildman–Crippen LogP) is 3.05. The molecule has 0 amide bonds. The van der Waals surface area contributed by atoms with E-state index in [1.807, 2.05) is 24.3 Å². The van der Waals surface area contributed by atoms with Gasteiger partial charge in [-0.15, -0.1) is 0 Å². The highest BCUT2D eigenvalue weighted by Crippen LogP contribution is 2.29. The number of fused-ring (bicyclic) bond motifs is 1. The quantitative estimate of drug-likeness (QED) is 0.861. The number of ether oxygens (including phenoxy) is 1. The van der Waals surface area contributed by atoms with Gasteiger partial charge in [-0.3, -0.25) is 0 Å². The molecule has 1 aromatic heterocycles. The van der Waals surface area contributed by atoms with Crippen molar-refractivity contribution < 1.29 is 9.15 Å². The van der Waals surface area contributed by atoms with Gasteiger partial charge >= 0.3 is 0 Å². The van der Waals surface area contributed by atoms with E-state index in [1.165, 1.54) is 5.56 Å². The largest absolute Gasteiger partial charge is 0.496 e. The van der Waals surface area contributed by atoms with Crippen LogP contribution < -0.4 is 5.73 Å². The maximum absolute atomic E-state index is 6.12. The van der Waals surface area contributed by atoms with Crippen molar-refractivity contribution in [1.29, 1.82) is 0 Å². The fraction of sp³-hybridized carbons (Fsp3) is 0.286. The lowest BCUT2D eigenvalue weighted by atomic mass is 10.1. The Balaban J connectivity index is 2.00. The molecule has 3 nitrogen and oxygen atoms in total. The number of furan rings is 1. The number of benzene rings is 1. The molecule has 1 unspecified atom stereocenters. The molecule has 3 heteroatoms. The van der Waals surface area contributed by atoms with Gasteiger partial charge in [-0.05, 0) is 31.2 Å². The molecule has 0 bridgehead atoms. The SMILES string of the molecule is Cc1ccc2oc(C(N)C3=CCCO3)cc2c1. The van der Waals surface area contributed by atoms with Crippen LogP contribution in [0.1, 0.15) is 23.8 Å². The Kier molecular flexibility index (Phi) is 2.41. The Labute approximate surface area is 99.9 Å². The molecule has 1 aromatic carbocycles. The lowest BCUT2D eigenvalue weighted by Crippen LogP contribution is -2.12. The molecular formula is C14H15NO2. The van der Waals surface area contributed by atoms with Gasteiger partial charge in [0, 0.05) is 11.8 Å². The van der Waals surface area contributed by atoms with Crippen LogP contribution in [0.2, 0.25) is 0 Å². The summed E-state index contributed by atoms with van der Waals surface area (Å²) in [5.74, 6) is 1.58. The molecule has 2 aromatic rings. The average Bonchev–Trinajstić information content (AvgIpc) is 2.96. The third-order valence-electron chi connectivity index (χ3n) is 3.04. The van der Waals surface area contributed by atoms with Crippen molar-refractivity contribution >= 4 is 11.0 Å². The Morgan fingerprint density at radius 1 is 1.29 bits per heavy atom. The second kappa shape index (κ2) is 3.93. The van der Waals surface area contributed by atoms with Crippen LogP contribution in [0, 0.1) is 6.92 Å². The van der Waals surface area contributed by atoms with Gasteiger partial charge < -0.3 is 14.9 Å². The van der Waals surface area contributed by atoms with Crippen LogP contribution in [0.5, 0.6) is 0 Å². The van der Waals surface area contributed by atoms with Crippen molar-refractivity contribution in [3.8, 4) is 0 Å². The van der Waals surface area contributed by atoms with Gasteiger partial charge in [0.1, 0.15) is 23.1 Å². The number of nitrogens with two attached hydrogens (primary N) is 1. The molecule has 88 valence electrons. The summed E-state index contributed by atoms with van der Waals surface area (Å²) in [6, 6.07) is 7.82. The van der Waals surface area contributed by atoms with Crippen LogP contribution in [-0.2, 0) is 4.74 Å². The highest BCUT2D eigenvalue weighted by molar-refractivity contribution is 5.78. The summed E-state index contributed by atoms with van der Waals surface area (Å²) in [6.45, 7) is 2.79. The van der Waals surface area contributed by atoms with Gasteiger partial charge in [0.25, 0.3) is 0 Å². The van der Waals surface area contributed by atoms with E-state index in [0.717, 1.165) is 35.5 Å². The van der Waals surface area contributed by atoms with E-state index in [9.17, 15) is 0 Å². The Morgan fingerprint density at radius 3 is 2.94 bits per heavy atom. The molecule has 3 rings (SSSR count). The van der Waals surface area contributed by atoms with Gasteiger partial charge in [-0.1, -0.05) is 11.6 Å². The fourth-order valence-electron chi connectivity index (χ4n) is 2.13. The van der Waals surface area contributed by atoms with Crippen LogP contribution in [-0.4, -0.2) is 6.61 Å². The molecule has 0 saturated heterocycles. The van der Waals surface area contributed by atoms with E-state index in [-0.39, 0.29) is 6.04 Å². The lowest BCUT2D eigenvalue weighted by molar-refractivity contribution is 0.219. The van der Waals surface area contributed by atoms with E-state index < -0.39 is 0 Å². The van der Waals surface area contributed by atoms with Crippen molar-refractivity contribution in [2.45, 2.75) is 19.4 Å². The van der Waals surface area contributed by atoms with E-state index in [1.54, 1.807) is 0 Å². The van der Waals surface area contributed by atoms with Crippen molar-refractivity contribution in [1.82, 2.24) is 0 Å². The zero-order chi connectivity index (χ0) is 11.8. The Morgan fingerprint density at radius 2 is 2.18 bits per heavy atom. The van der Waals surface area contributed by atoms with Gasteiger partial charge in [0.15, 0.2) is 0 Å².